The van der Waals surface area contributed by atoms with Crippen molar-refractivity contribution >= 4 is 18.2 Å². The Morgan fingerprint density at radius 1 is 1.15 bits per heavy atom. The van der Waals surface area contributed by atoms with Crippen molar-refractivity contribution in [2.75, 3.05) is 6.61 Å². The summed E-state index contributed by atoms with van der Waals surface area (Å²) >= 11 is 0. The van der Waals surface area contributed by atoms with Crippen LogP contribution in [0, 0.1) is 5.92 Å². The minimum absolute atomic E-state index is 0.161. The molecule has 142 valence electrons. The van der Waals surface area contributed by atoms with Gasteiger partial charge in [0.25, 0.3) is 5.91 Å². The van der Waals surface area contributed by atoms with Gasteiger partial charge in [-0.1, -0.05) is 31.9 Å². The van der Waals surface area contributed by atoms with Crippen LogP contribution in [-0.4, -0.2) is 30.8 Å². The zero-order valence-electron chi connectivity index (χ0n) is 15.3. The van der Waals surface area contributed by atoms with Crippen molar-refractivity contribution in [2.24, 2.45) is 5.92 Å². The molecule has 1 aliphatic carbocycles. The Morgan fingerprint density at radius 3 is 2.56 bits per heavy atom. The normalized spacial score (nSPS) is 19.3. The van der Waals surface area contributed by atoms with Crippen LogP contribution in [0.15, 0.2) is 40.8 Å². The van der Waals surface area contributed by atoms with Crippen LogP contribution in [0.2, 0.25) is 0 Å². The topological polar surface area (TPSA) is 85.6 Å². The van der Waals surface area contributed by atoms with E-state index in [0.717, 1.165) is 24.8 Å². The summed E-state index contributed by atoms with van der Waals surface area (Å²) in [6.07, 6.45) is 5.04. The summed E-state index contributed by atoms with van der Waals surface area (Å²) in [6.45, 7) is 1.85. The molecule has 0 saturated heterocycles. The summed E-state index contributed by atoms with van der Waals surface area (Å²) in [6, 6.07) is 10.0. The zero-order chi connectivity index (χ0) is 19.2. The molecule has 0 radical (unpaired) electrons. The first-order chi connectivity index (χ1) is 13.1. The number of carbonyl (C=O) groups excluding carboxylic acids is 3. The van der Waals surface area contributed by atoms with Gasteiger partial charge >= 0.3 is 5.97 Å². The molecule has 1 aromatic heterocycles. The van der Waals surface area contributed by atoms with Gasteiger partial charge in [-0.2, -0.15) is 0 Å². The Kier molecular flexibility index (Phi) is 6.06. The molecule has 1 N–H and O–H groups in total. The maximum atomic E-state index is 12.1. The fourth-order valence-electron chi connectivity index (χ4n) is 3.34. The van der Waals surface area contributed by atoms with E-state index in [-0.39, 0.29) is 24.3 Å². The number of carbonyl (C=O) groups is 3. The fourth-order valence-corrected chi connectivity index (χ4v) is 3.34. The van der Waals surface area contributed by atoms with Crippen molar-refractivity contribution in [1.82, 2.24) is 5.32 Å². The Hall–Kier alpha value is -2.89. The van der Waals surface area contributed by atoms with Crippen LogP contribution in [0.5, 0.6) is 0 Å². The predicted molar refractivity (Wildman–Crippen MR) is 99.4 cm³/mol. The summed E-state index contributed by atoms with van der Waals surface area (Å²) in [5.74, 6) is 0.411. The Bertz CT molecular complexity index is 808. The van der Waals surface area contributed by atoms with Crippen LogP contribution < -0.4 is 5.32 Å². The number of hydrogen-bond donors (Lipinski definition) is 1. The van der Waals surface area contributed by atoms with Crippen molar-refractivity contribution in [2.45, 2.75) is 38.6 Å². The van der Waals surface area contributed by atoms with Gasteiger partial charge in [0.15, 0.2) is 18.7 Å². The lowest BCUT2D eigenvalue weighted by atomic mass is 9.86. The van der Waals surface area contributed by atoms with E-state index < -0.39 is 5.97 Å². The van der Waals surface area contributed by atoms with Gasteiger partial charge in [-0.25, -0.2) is 4.79 Å². The molecule has 1 aromatic carbocycles. The van der Waals surface area contributed by atoms with Gasteiger partial charge in [0.05, 0.1) is 5.56 Å². The van der Waals surface area contributed by atoms with E-state index in [1.54, 1.807) is 36.4 Å². The molecule has 0 unspecified atom stereocenters. The van der Waals surface area contributed by atoms with Crippen molar-refractivity contribution in [3.63, 3.8) is 0 Å². The van der Waals surface area contributed by atoms with Gasteiger partial charge in [0.1, 0.15) is 5.76 Å². The van der Waals surface area contributed by atoms with Crippen molar-refractivity contribution in [3.05, 3.63) is 47.7 Å². The molecule has 2 aromatic rings. The number of benzene rings is 1. The fraction of sp³-hybridized carbons (Fsp3) is 0.381. The highest BCUT2D eigenvalue weighted by atomic mass is 16.5. The van der Waals surface area contributed by atoms with E-state index in [0.29, 0.717) is 23.5 Å². The molecule has 2 atom stereocenters. The predicted octanol–water partition coefficient (Wildman–Crippen LogP) is 3.61. The highest BCUT2D eigenvalue weighted by Crippen LogP contribution is 2.24. The molecule has 1 saturated carbocycles. The molecule has 0 bridgehead atoms. The number of furan rings is 1. The summed E-state index contributed by atoms with van der Waals surface area (Å²) in [5, 5.41) is 2.96. The van der Waals surface area contributed by atoms with Crippen molar-refractivity contribution in [1.29, 1.82) is 0 Å². The zero-order valence-corrected chi connectivity index (χ0v) is 15.3. The smallest absolute Gasteiger partial charge is 0.338 e. The lowest BCUT2D eigenvalue weighted by molar-refractivity contribution is -0.125. The maximum absolute atomic E-state index is 12.1. The Morgan fingerprint density at radius 2 is 1.89 bits per heavy atom. The third kappa shape index (κ3) is 4.84. The van der Waals surface area contributed by atoms with Gasteiger partial charge in [-0.3, -0.25) is 9.59 Å². The average Bonchev–Trinajstić information content (AvgIpc) is 3.17. The van der Waals surface area contributed by atoms with E-state index in [9.17, 15) is 14.4 Å². The second-order valence-corrected chi connectivity index (χ2v) is 6.91. The van der Waals surface area contributed by atoms with Gasteiger partial charge in [0.2, 0.25) is 0 Å². The number of rotatable bonds is 6. The lowest BCUT2D eigenvalue weighted by Gasteiger charge is -2.29. The van der Waals surface area contributed by atoms with E-state index >= 15 is 0 Å². The minimum Gasteiger partial charge on any atom is -0.453 e. The van der Waals surface area contributed by atoms with E-state index in [1.165, 1.54) is 6.42 Å². The van der Waals surface area contributed by atoms with Crippen LogP contribution in [0.4, 0.5) is 0 Å². The summed E-state index contributed by atoms with van der Waals surface area (Å²) in [7, 11) is 0. The number of hydrogen-bond acceptors (Lipinski definition) is 5. The van der Waals surface area contributed by atoms with Crippen LogP contribution in [0.1, 0.15) is 53.5 Å². The SMILES string of the molecule is C[C@@H]1CCCC[C@H]1NC(=O)COC(=O)c1ccc(-c2ccc(C=O)o2)cc1. The van der Waals surface area contributed by atoms with Crippen LogP contribution >= 0.6 is 0 Å². The van der Waals surface area contributed by atoms with Crippen LogP contribution in [0.3, 0.4) is 0 Å². The average molecular weight is 369 g/mol. The molecule has 27 heavy (non-hydrogen) atoms. The van der Waals surface area contributed by atoms with Crippen molar-refractivity contribution < 1.29 is 23.5 Å². The third-order valence-electron chi connectivity index (χ3n) is 4.94. The molecular formula is C21H23NO5. The van der Waals surface area contributed by atoms with E-state index in [2.05, 4.69) is 12.2 Å². The van der Waals surface area contributed by atoms with E-state index in [1.807, 2.05) is 0 Å². The van der Waals surface area contributed by atoms with Gasteiger partial charge < -0.3 is 14.5 Å². The third-order valence-corrected chi connectivity index (χ3v) is 4.94. The molecule has 1 amide bonds. The summed E-state index contributed by atoms with van der Waals surface area (Å²) in [5.41, 5.74) is 1.09. The van der Waals surface area contributed by atoms with Crippen molar-refractivity contribution in [3.8, 4) is 11.3 Å². The monoisotopic (exact) mass is 369 g/mol. The highest BCUT2D eigenvalue weighted by Gasteiger charge is 2.23. The molecule has 1 fully saturated rings. The van der Waals surface area contributed by atoms with E-state index in [4.69, 9.17) is 9.15 Å². The largest absolute Gasteiger partial charge is 0.453 e. The Balaban J connectivity index is 1.51. The number of amides is 1. The quantitative estimate of drug-likeness (QED) is 0.621. The first kappa shape index (κ1) is 18.9. The molecule has 3 rings (SSSR count). The minimum atomic E-state index is -0.554. The standard InChI is InChI=1S/C21H23NO5/c1-14-4-2-3-5-18(14)22-20(24)13-26-21(25)16-8-6-15(7-9-16)19-11-10-17(12-23)27-19/h6-12,14,18H,2-5,13H2,1H3,(H,22,24)/t14-,18-/m1/s1. The van der Waals surface area contributed by atoms with Gasteiger partial charge in [-0.15, -0.1) is 0 Å². The number of aldehydes is 1. The lowest BCUT2D eigenvalue weighted by Crippen LogP contribution is -2.42. The molecule has 1 heterocycles. The second kappa shape index (κ2) is 8.66. The molecule has 0 spiro atoms. The number of esters is 1. The summed E-state index contributed by atoms with van der Waals surface area (Å²) in [4.78, 5) is 34.8. The van der Waals surface area contributed by atoms with Gasteiger partial charge in [-0.05, 0) is 43.0 Å². The first-order valence-corrected chi connectivity index (χ1v) is 9.19. The number of nitrogens with one attached hydrogen (secondary N) is 1. The highest BCUT2D eigenvalue weighted by molar-refractivity contribution is 5.91. The second-order valence-electron chi connectivity index (χ2n) is 6.91. The van der Waals surface area contributed by atoms with Crippen LogP contribution in [-0.2, 0) is 9.53 Å². The van der Waals surface area contributed by atoms with Crippen LogP contribution in [0.25, 0.3) is 11.3 Å². The molecule has 0 aliphatic heterocycles. The summed E-state index contributed by atoms with van der Waals surface area (Å²) < 4.78 is 10.5. The molecule has 6 nitrogen and oxygen atoms in total. The molecular weight excluding hydrogens is 346 g/mol. The molecule has 1 aliphatic rings. The maximum Gasteiger partial charge on any atom is 0.338 e. The molecule has 6 heteroatoms. The number of ether oxygens (including phenoxy) is 1. The first-order valence-electron chi connectivity index (χ1n) is 9.19. The Labute approximate surface area is 157 Å². The van der Waals surface area contributed by atoms with Gasteiger partial charge in [0, 0.05) is 11.6 Å².